The Labute approximate surface area is 144 Å². The number of benzene rings is 2. The number of phenols is 1. The van der Waals surface area contributed by atoms with E-state index in [1.54, 1.807) is 32.8 Å². The molecule has 0 aliphatic carbocycles. The Hall–Kier alpha value is -2.22. The molecule has 0 spiro atoms. The van der Waals surface area contributed by atoms with Crippen molar-refractivity contribution >= 4 is 44.6 Å². The molecular weight excluding hydrogens is 350 g/mol. The Kier molecular flexibility index (Phi) is 4.42. The SMILES string of the molecule is Nc1ccc(O)c(C(=O)Oc2ccc(-c3cssc3=S)cc2)c1. The van der Waals surface area contributed by atoms with E-state index < -0.39 is 5.97 Å². The van der Waals surface area contributed by atoms with Gasteiger partial charge in [-0.3, -0.25) is 0 Å². The summed E-state index contributed by atoms with van der Waals surface area (Å²) in [6.45, 7) is 0. The van der Waals surface area contributed by atoms with Gasteiger partial charge in [-0.25, -0.2) is 4.79 Å². The lowest BCUT2D eigenvalue weighted by atomic mass is 10.1. The highest BCUT2D eigenvalue weighted by Crippen LogP contribution is 2.29. The fourth-order valence-electron chi connectivity index (χ4n) is 1.98. The van der Waals surface area contributed by atoms with Crippen molar-refractivity contribution in [2.24, 2.45) is 0 Å². The number of ether oxygens (including phenoxy) is 1. The first-order chi connectivity index (χ1) is 11.0. The average Bonchev–Trinajstić information content (AvgIpc) is 2.96. The van der Waals surface area contributed by atoms with E-state index in [2.05, 4.69) is 0 Å². The van der Waals surface area contributed by atoms with Crippen LogP contribution in [-0.2, 0) is 0 Å². The summed E-state index contributed by atoms with van der Waals surface area (Å²) in [5, 5.41) is 11.7. The minimum absolute atomic E-state index is 0.0292. The molecule has 4 nitrogen and oxygen atoms in total. The van der Waals surface area contributed by atoms with Gasteiger partial charge in [0.15, 0.2) is 0 Å². The van der Waals surface area contributed by atoms with Crippen LogP contribution >= 0.6 is 32.9 Å². The van der Waals surface area contributed by atoms with Crippen LogP contribution in [0, 0.1) is 3.82 Å². The van der Waals surface area contributed by atoms with E-state index in [1.165, 1.54) is 18.2 Å². The molecule has 116 valence electrons. The molecule has 0 saturated heterocycles. The predicted molar refractivity (Wildman–Crippen MR) is 95.9 cm³/mol. The minimum atomic E-state index is -0.663. The molecule has 1 heterocycles. The second-order valence-corrected chi connectivity index (χ2v) is 7.44. The van der Waals surface area contributed by atoms with Gasteiger partial charge in [0.25, 0.3) is 0 Å². The van der Waals surface area contributed by atoms with E-state index >= 15 is 0 Å². The molecule has 0 radical (unpaired) electrons. The molecule has 7 heteroatoms. The van der Waals surface area contributed by atoms with Gasteiger partial charge in [-0.15, -0.1) is 0 Å². The molecule has 23 heavy (non-hydrogen) atoms. The third kappa shape index (κ3) is 3.42. The number of carbonyl (C=O) groups is 1. The first-order valence-electron chi connectivity index (χ1n) is 6.53. The zero-order chi connectivity index (χ0) is 16.4. The molecule has 0 bridgehead atoms. The second kappa shape index (κ2) is 6.49. The van der Waals surface area contributed by atoms with Crippen molar-refractivity contribution in [2.75, 3.05) is 5.73 Å². The van der Waals surface area contributed by atoms with E-state index in [-0.39, 0.29) is 11.3 Å². The zero-order valence-corrected chi connectivity index (χ0v) is 14.1. The molecule has 1 aromatic heterocycles. The molecule has 3 rings (SSSR count). The number of rotatable bonds is 3. The molecule has 0 amide bonds. The summed E-state index contributed by atoms with van der Waals surface area (Å²) in [5.41, 5.74) is 8.00. The van der Waals surface area contributed by atoms with Crippen LogP contribution in [0.5, 0.6) is 11.5 Å². The Balaban J connectivity index is 1.81. The Morgan fingerprint density at radius 3 is 2.57 bits per heavy atom. The molecule has 0 aliphatic rings. The van der Waals surface area contributed by atoms with Crippen LogP contribution in [0.4, 0.5) is 5.69 Å². The maximum Gasteiger partial charge on any atom is 0.347 e. The smallest absolute Gasteiger partial charge is 0.347 e. The summed E-state index contributed by atoms with van der Waals surface area (Å²) in [6.07, 6.45) is 0. The quantitative estimate of drug-likeness (QED) is 0.176. The monoisotopic (exact) mass is 361 g/mol. The number of anilines is 1. The van der Waals surface area contributed by atoms with Crippen molar-refractivity contribution in [3.63, 3.8) is 0 Å². The lowest BCUT2D eigenvalue weighted by Gasteiger charge is -2.07. The van der Waals surface area contributed by atoms with Gasteiger partial charge in [-0.1, -0.05) is 45.0 Å². The lowest BCUT2D eigenvalue weighted by molar-refractivity contribution is 0.0732. The number of hydrogen-bond acceptors (Lipinski definition) is 7. The van der Waals surface area contributed by atoms with Crippen molar-refractivity contribution in [1.82, 2.24) is 0 Å². The second-order valence-electron chi connectivity index (χ2n) is 4.69. The Morgan fingerprint density at radius 1 is 1.17 bits per heavy atom. The lowest BCUT2D eigenvalue weighted by Crippen LogP contribution is -2.09. The molecular formula is C16H11NO3S3. The number of hydrogen-bond donors (Lipinski definition) is 2. The molecule has 3 aromatic rings. The number of esters is 1. The van der Waals surface area contributed by atoms with E-state index in [4.69, 9.17) is 22.7 Å². The highest BCUT2D eigenvalue weighted by atomic mass is 32.9. The first-order valence-corrected chi connectivity index (χ1v) is 9.15. The predicted octanol–water partition coefficient (Wildman–Crippen LogP) is 4.71. The van der Waals surface area contributed by atoms with E-state index in [1.807, 2.05) is 17.5 Å². The number of phenolic OH excluding ortho intramolecular Hbond substituents is 1. The van der Waals surface area contributed by atoms with Crippen LogP contribution in [-0.4, -0.2) is 11.1 Å². The fraction of sp³-hybridized carbons (Fsp3) is 0. The Morgan fingerprint density at radius 2 is 1.91 bits per heavy atom. The average molecular weight is 361 g/mol. The summed E-state index contributed by atoms with van der Waals surface area (Å²) in [7, 11) is 3.13. The van der Waals surface area contributed by atoms with E-state index in [0.717, 1.165) is 15.0 Å². The van der Waals surface area contributed by atoms with E-state index in [0.29, 0.717) is 11.4 Å². The van der Waals surface area contributed by atoms with Gasteiger partial charge < -0.3 is 15.6 Å². The van der Waals surface area contributed by atoms with Crippen molar-refractivity contribution in [3.8, 4) is 22.6 Å². The molecule has 2 aromatic carbocycles. The summed E-state index contributed by atoms with van der Waals surface area (Å²) in [5.74, 6) is -0.453. The van der Waals surface area contributed by atoms with Gasteiger partial charge in [-0.2, -0.15) is 0 Å². The summed E-state index contributed by atoms with van der Waals surface area (Å²) >= 11 is 5.26. The minimum Gasteiger partial charge on any atom is -0.507 e. The van der Waals surface area contributed by atoms with Crippen LogP contribution in [0.1, 0.15) is 10.4 Å². The van der Waals surface area contributed by atoms with Gasteiger partial charge in [0.05, 0.1) is 0 Å². The molecule has 0 atom stereocenters. The Bertz CT molecular complexity index is 913. The number of carbonyl (C=O) groups excluding carboxylic acids is 1. The molecule has 3 N–H and O–H groups in total. The largest absolute Gasteiger partial charge is 0.507 e. The highest BCUT2D eigenvalue weighted by molar-refractivity contribution is 7.79. The highest BCUT2D eigenvalue weighted by Gasteiger charge is 2.14. The van der Waals surface area contributed by atoms with Crippen molar-refractivity contribution in [2.45, 2.75) is 0 Å². The van der Waals surface area contributed by atoms with Gasteiger partial charge in [0.1, 0.15) is 20.9 Å². The number of aromatic hydroxyl groups is 1. The molecule has 0 fully saturated rings. The zero-order valence-electron chi connectivity index (χ0n) is 11.7. The third-order valence-corrected chi connectivity index (χ3v) is 5.79. The number of nitrogens with two attached hydrogens (primary N) is 1. The van der Waals surface area contributed by atoms with Gasteiger partial charge in [-0.05, 0) is 35.9 Å². The summed E-state index contributed by atoms with van der Waals surface area (Å²) in [4.78, 5) is 12.1. The van der Waals surface area contributed by atoms with Crippen LogP contribution in [0.25, 0.3) is 11.1 Å². The number of nitrogen functional groups attached to an aromatic ring is 1. The van der Waals surface area contributed by atoms with Crippen molar-refractivity contribution < 1.29 is 14.6 Å². The summed E-state index contributed by atoms with van der Waals surface area (Å²) in [6, 6.07) is 11.3. The van der Waals surface area contributed by atoms with Crippen molar-refractivity contribution in [1.29, 1.82) is 0 Å². The maximum atomic E-state index is 12.1. The first kappa shape index (κ1) is 15.7. The molecule has 0 aliphatic heterocycles. The van der Waals surface area contributed by atoms with Crippen molar-refractivity contribution in [3.05, 3.63) is 57.2 Å². The standard InChI is InChI=1S/C16H11NO3S3/c17-10-3-6-14(18)12(7-10)15(19)20-11-4-1-9(2-5-11)13-8-22-23-16(13)21/h1-8,18H,17H2. The molecule has 0 unspecified atom stereocenters. The molecule has 0 saturated carbocycles. The fourth-order valence-corrected chi connectivity index (χ4v) is 4.37. The maximum absolute atomic E-state index is 12.1. The normalized spacial score (nSPS) is 10.4. The van der Waals surface area contributed by atoms with Crippen LogP contribution in [0.3, 0.4) is 0 Å². The summed E-state index contributed by atoms with van der Waals surface area (Å²) < 4.78 is 6.10. The van der Waals surface area contributed by atoms with Crippen LogP contribution in [0.15, 0.2) is 47.8 Å². The van der Waals surface area contributed by atoms with Gasteiger partial charge in [0, 0.05) is 16.6 Å². The topological polar surface area (TPSA) is 72.5 Å². The van der Waals surface area contributed by atoms with Gasteiger partial charge in [0.2, 0.25) is 0 Å². The van der Waals surface area contributed by atoms with Crippen LogP contribution < -0.4 is 10.5 Å². The van der Waals surface area contributed by atoms with E-state index in [9.17, 15) is 9.90 Å². The van der Waals surface area contributed by atoms with Crippen LogP contribution in [0.2, 0.25) is 0 Å². The third-order valence-electron chi connectivity index (χ3n) is 3.13. The van der Waals surface area contributed by atoms with Gasteiger partial charge >= 0.3 is 5.97 Å².